The number of anilines is 1. The van der Waals surface area contributed by atoms with Crippen LogP contribution in [-0.4, -0.2) is 24.0 Å². The fourth-order valence-electron chi connectivity index (χ4n) is 3.22. The molecule has 0 fully saturated rings. The van der Waals surface area contributed by atoms with E-state index in [1.54, 1.807) is 0 Å². The molecule has 2 aromatic carbocycles. The van der Waals surface area contributed by atoms with Gasteiger partial charge in [0.05, 0.1) is 0 Å². The summed E-state index contributed by atoms with van der Waals surface area (Å²) in [6, 6.07) is 17.5. The molecular weight excluding hydrogens is 312 g/mol. The lowest BCUT2D eigenvalue weighted by atomic mass is 10.0. The second kappa shape index (κ2) is 7.43. The number of rotatable bonds is 6. The molecule has 0 bridgehead atoms. The molecule has 0 aliphatic rings. The van der Waals surface area contributed by atoms with E-state index in [1.165, 1.54) is 0 Å². The molecule has 1 N–H and O–H groups in total. The Bertz CT molecular complexity index is 839. The summed E-state index contributed by atoms with van der Waals surface area (Å²) < 4.78 is 5.60. The van der Waals surface area contributed by atoms with E-state index in [2.05, 4.69) is 4.98 Å². The second-order valence-corrected chi connectivity index (χ2v) is 6.61. The van der Waals surface area contributed by atoms with Gasteiger partial charge >= 0.3 is 5.97 Å². The van der Waals surface area contributed by atoms with Crippen LogP contribution in [0.3, 0.4) is 0 Å². The van der Waals surface area contributed by atoms with Gasteiger partial charge in [-0.1, -0.05) is 50.2 Å². The molecule has 1 atom stereocenters. The molecule has 0 saturated carbocycles. The standard InChI is InChI=1S/C21H24N2O2/c1-15(2)20(21(24)25-14-16-8-5-4-6-9-16)23(3)19-11-7-10-18-17(19)12-13-22-18/h4-13,15,20,22H,14H2,1-3H3/t20-/m0/s1. The molecule has 0 radical (unpaired) electrons. The molecule has 130 valence electrons. The highest BCUT2D eigenvalue weighted by molar-refractivity contribution is 5.94. The summed E-state index contributed by atoms with van der Waals surface area (Å²) in [5.74, 6) is -0.0728. The minimum Gasteiger partial charge on any atom is -0.459 e. The number of fused-ring (bicyclic) bond motifs is 1. The highest BCUT2D eigenvalue weighted by Gasteiger charge is 2.29. The zero-order valence-electron chi connectivity index (χ0n) is 14.9. The van der Waals surface area contributed by atoms with Crippen LogP contribution in [0.25, 0.3) is 10.9 Å². The largest absolute Gasteiger partial charge is 0.459 e. The monoisotopic (exact) mass is 336 g/mol. The average Bonchev–Trinajstić information content (AvgIpc) is 3.09. The van der Waals surface area contributed by atoms with Gasteiger partial charge in [0.25, 0.3) is 0 Å². The van der Waals surface area contributed by atoms with Crippen LogP contribution in [0, 0.1) is 5.92 Å². The van der Waals surface area contributed by atoms with Crippen molar-refractivity contribution in [1.29, 1.82) is 0 Å². The van der Waals surface area contributed by atoms with Crippen molar-refractivity contribution in [2.45, 2.75) is 26.5 Å². The number of ether oxygens (including phenoxy) is 1. The molecule has 0 aliphatic heterocycles. The number of aromatic amines is 1. The fourth-order valence-corrected chi connectivity index (χ4v) is 3.22. The number of aromatic nitrogens is 1. The molecule has 0 amide bonds. The SMILES string of the molecule is CC(C)[C@@H](C(=O)OCc1ccccc1)N(C)c1cccc2[nH]ccc12. The fraction of sp³-hybridized carbons (Fsp3) is 0.286. The predicted molar refractivity (Wildman–Crippen MR) is 102 cm³/mol. The quantitative estimate of drug-likeness (QED) is 0.680. The first-order valence-electron chi connectivity index (χ1n) is 8.57. The van der Waals surface area contributed by atoms with Crippen LogP contribution in [0.5, 0.6) is 0 Å². The highest BCUT2D eigenvalue weighted by atomic mass is 16.5. The maximum Gasteiger partial charge on any atom is 0.329 e. The molecule has 4 nitrogen and oxygen atoms in total. The van der Waals surface area contributed by atoms with Gasteiger partial charge in [0, 0.05) is 29.8 Å². The summed E-state index contributed by atoms with van der Waals surface area (Å²) in [7, 11) is 1.95. The van der Waals surface area contributed by atoms with Crippen LogP contribution >= 0.6 is 0 Å². The van der Waals surface area contributed by atoms with Crippen molar-refractivity contribution in [2.75, 3.05) is 11.9 Å². The van der Waals surface area contributed by atoms with Crippen LogP contribution in [0.2, 0.25) is 0 Å². The highest BCUT2D eigenvalue weighted by Crippen LogP contribution is 2.28. The van der Waals surface area contributed by atoms with Gasteiger partial charge in [-0.2, -0.15) is 0 Å². The molecule has 3 rings (SSSR count). The average molecular weight is 336 g/mol. The molecule has 1 heterocycles. The van der Waals surface area contributed by atoms with E-state index in [0.29, 0.717) is 6.61 Å². The van der Waals surface area contributed by atoms with Gasteiger partial charge in [-0.05, 0) is 29.7 Å². The minimum absolute atomic E-state index is 0.127. The van der Waals surface area contributed by atoms with Gasteiger partial charge in [0.15, 0.2) is 0 Å². The Balaban J connectivity index is 1.80. The number of hydrogen-bond donors (Lipinski definition) is 1. The number of carbonyl (C=O) groups is 1. The van der Waals surface area contributed by atoms with Gasteiger partial charge in [-0.15, -0.1) is 0 Å². The molecule has 4 heteroatoms. The van der Waals surface area contributed by atoms with Crippen LogP contribution in [0.4, 0.5) is 5.69 Å². The normalized spacial score (nSPS) is 12.3. The molecule has 1 aromatic heterocycles. The molecule has 3 aromatic rings. The Kier molecular flexibility index (Phi) is 5.08. The number of hydrogen-bond acceptors (Lipinski definition) is 3. The van der Waals surface area contributed by atoms with Gasteiger partial charge in [0.1, 0.15) is 12.6 Å². The van der Waals surface area contributed by atoms with Crippen molar-refractivity contribution in [3.05, 3.63) is 66.4 Å². The van der Waals surface area contributed by atoms with Crippen molar-refractivity contribution in [3.8, 4) is 0 Å². The van der Waals surface area contributed by atoms with Gasteiger partial charge in [-0.25, -0.2) is 4.79 Å². The molecular formula is C21H24N2O2. The lowest BCUT2D eigenvalue weighted by Gasteiger charge is -2.31. The van der Waals surface area contributed by atoms with E-state index in [9.17, 15) is 4.79 Å². The summed E-state index contributed by atoms with van der Waals surface area (Å²) in [5.41, 5.74) is 3.08. The van der Waals surface area contributed by atoms with Crippen molar-refractivity contribution in [2.24, 2.45) is 5.92 Å². The third kappa shape index (κ3) is 3.68. The number of nitrogens with zero attached hydrogens (tertiary/aromatic N) is 1. The van der Waals surface area contributed by atoms with E-state index in [0.717, 1.165) is 22.2 Å². The summed E-state index contributed by atoms with van der Waals surface area (Å²) >= 11 is 0. The number of carbonyl (C=O) groups excluding carboxylic acids is 1. The summed E-state index contributed by atoms with van der Waals surface area (Å²) in [6.07, 6.45) is 1.92. The van der Waals surface area contributed by atoms with Crippen LogP contribution in [0.15, 0.2) is 60.8 Å². The summed E-state index contributed by atoms with van der Waals surface area (Å²) in [5, 5.41) is 1.10. The second-order valence-electron chi connectivity index (χ2n) is 6.61. The number of esters is 1. The van der Waals surface area contributed by atoms with Crippen LogP contribution in [-0.2, 0) is 16.1 Å². The molecule has 25 heavy (non-hydrogen) atoms. The Morgan fingerprint density at radius 2 is 1.84 bits per heavy atom. The number of benzene rings is 2. The zero-order valence-corrected chi connectivity index (χ0v) is 14.9. The number of H-pyrrole nitrogens is 1. The third-order valence-electron chi connectivity index (χ3n) is 4.47. The van der Waals surface area contributed by atoms with Crippen LogP contribution in [0.1, 0.15) is 19.4 Å². The van der Waals surface area contributed by atoms with E-state index >= 15 is 0 Å². The van der Waals surface area contributed by atoms with E-state index in [4.69, 9.17) is 4.74 Å². The minimum atomic E-state index is -0.343. The lowest BCUT2D eigenvalue weighted by Crippen LogP contribution is -2.43. The predicted octanol–water partition coefficient (Wildman–Crippen LogP) is 4.37. The van der Waals surface area contributed by atoms with Crippen molar-refractivity contribution in [3.63, 3.8) is 0 Å². The smallest absolute Gasteiger partial charge is 0.329 e. The molecule has 0 spiro atoms. The van der Waals surface area contributed by atoms with Crippen LogP contribution < -0.4 is 4.90 Å². The van der Waals surface area contributed by atoms with Crippen molar-refractivity contribution >= 4 is 22.6 Å². The van der Waals surface area contributed by atoms with Gasteiger partial charge < -0.3 is 14.6 Å². The maximum atomic E-state index is 12.8. The summed E-state index contributed by atoms with van der Waals surface area (Å²) in [6.45, 7) is 4.38. The third-order valence-corrected chi connectivity index (χ3v) is 4.47. The first-order valence-corrected chi connectivity index (χ1v) is 8.57. The summed E-state index contributed by atoms with van der Waals surface area (Å²) in [4.78, 5) is 18.0. The molecule has 0 saturated heterocycles. The van der Waals surface area contributed by atoms with Gasteiger partial charge in [0.2, 0.25) is 0 Å². The Hall–Kier alpha value is -2.75. The van der Waals surface area contributed by atoms with Crippen molar-refractivity contribution in [1.82, 2.24) is 4.98 Å². The zero-order chi connectivity index (χ0) is 17.8. The molecule has 0 aliphatic carbocycles. The Labute approximate surface area is 148 Å². The topological polar surface area (TPSA) is 45.3 Å². The molecule has 0 unspecified atom stereocenters. The Morgan fingerprint density at radius 1 is 1.08 bits per heavy atom. The Morgan fingerprint density at radius 3 is 2.56 bits per heavy atom. The van der Waals surface area contributed by atoms with Gasteiger partial charge in [-0.3, -0.25) is 0 Å². The van der Waals surface area contributed by atoms with E-state index < -0.39 is 0 Å². The van der Waals surface area contributed by atoms with E-state index in [-0.39, 0.29) is 17.9 Å². The number of likely N-dealkylation sites (N-methyl/N-ethyl adjacent to an activating group) is 1. The first kappa shape index (κ1) is 17.1. The maximum absolute atomic E-state index is 12.8. The number of nitrogens with one attached hydrogen (secondary N) is 1. The van der Waals surface area contributed by atoms with E-state index in [1.807, 2.05) is 86.6 Å². The van der Waals surface area contributed by atoms with Crippen molar-refractivity contribution < 1.29 is 9.53 Å². The lowest BCUT2D eigenvalue weighted by molar-refractivity contribution is -0.147. The first-order chi connectivity index (χ1) is 12.1.